The predicted molar refractivity (Wildman–Crippen MR) is 100 cm³/mol. The molecule has 2 aromatic rings. The molecule has 26 heavy (non-hydrogen) atoms. The van der Waals surface area contributed by atoms with Gasteiger partial charge in [0, 0.05) is 24.7 Å². The molecule has 0 bridgehead atoms. The molecule has 0 saturated heterocycles. The van der Waals surface area contributed by atoms with Gasteiger partial charge < -0.3 is 10.2 Å². The zero-order valence-electron chi connectivity index (χ0n) is 15.3. The van der Waals surface area contributed by atoms with Crippen molar-refractivity contribution in [2.45, 2.75) is 45.1 Å². The van der Waals surface area contributed by atoms with Crippen LogP contribution in [0, 0.1) is 11.7 Å². The average molecular weight is 358 g/mol. The van der Waals surface area contributed by atoms with Gasteiger partial charge in [-0.1, -0.05) is 25.7 Å². The smallest absolute Gasteiger partial charge is 0.317 e. The summed E-state index contributed by atoms with van der Waals surface area (Å²) >= 11 is 0. The standard InChI is InChI=1S/C20H27FN4O/c1-25(20(26)22-12-4-7-15-5-2-3-6-15)14-17-13-23-24-19(17)16-8-10-18(21)11-9-16/h8-11,13,15H,2-7,12,14H2,1H3,(H,22,26)(H,23,24). The number of nitrogens with zero attached hydrogens (tertiary/aromatic N) is 2. The molecule has 0 unspecified atom stereocenters. The number of urea groups is 1. The van der Waals surface area contributed by atoms with Crippen LogP contribution in [0.15, 0.2) is 30.5 Å². The fourth-order valence-corrected chi connectivity index (χ4v) is 3.64. The van der Waals surface area contributed by atoms with E-state index in [1.165, 1.54) is 44.2 Å². The topological polar surface area (TPSA) is 61.0 Å². The number of nitrogens with one attached hydrogen (secondary N) is 2. The lowest BCUT2D eigenvalue weighted by Gasteiger charge is -2.18. The molecule has 0 atom stereocenters. The summed E-state index contributed by atoms with van der Waals surface area (Å²) in [4.78, 5) is 13.9. The van der Waals surface area contributed by atoms with Crippen LogP contribution in [0.1, 0.15) is 44.1 Å². The summed E-state index contributed by atoms with van der Waals surface area (Å²) in [6.07, 6.45) is 9.38. The van der Waals surface area contributed by atoms with E-state index >= 15 is 0 Å². The summed E-state index contributed by atoms with van der Waals surface area (Å²) in [5, 5.41) is 10.0. The Hall–Kier alpha value is -2.37. The fourth-order valence-electron chi connectivity index (χ4n) is 3.64. The Kier molecular flexibility index (Phi) is 6.26. The molecule has 5 nitrogen and oxygen atoms in total. The first-order valence-electron chi connectivity index (χ1n) is 9.40. The molecule has 140 valence electrons. The highest BCUT2D eigenvalue weighted by Crippen LogP contribution is 2.28. The third kappa shape index (κ3) is 4.84. The van der Waals surface area contributed by atoms with Crippen LogP contribution < -0.4 is 5.32 Å². The van der Waals surface area contributed by atoms with E-state index < -0.39 is 0 Å². The molecule has 1 aliphatic carbocycles. The lowest BCUT2D eigenvalue weighted by Crippen LogP contribution is -2.37. The number of hydrogen-bond donors (Lipinski definition) is 2. The maximum absolute atomic E-state index is 13.1. The second-order valence-corrected chi connectivity index (χ2v) is 7.16. The van der Waals surface area contributed by atoms with Gasteiger partial charge in [0.15, 0.2) is 0 Å². The Morgan fingerprint density at radius 2 is 2.04 bits per heavy atom. The zero-order chi connectivity index (χ0) is 18.4. The highest BCUT2D eigenvalue weighted by molar-refractivity contribution is 5.74. The number of benzene rings is 1. The average Bonchev–Trinajstić information content (AvgIpc) is 3.31. The van der Waals surface area contributed by atoms with Crippen molar-refractivity contribution in [3.8, 4) is 11.3 Å². The largest absolute Gasteiger partial charge is 0.338 e. The van der Waals surface area contributed by atoms with Crippen LogP contribution in [0.4, 0.5) is 9.18 Å². The SMILES string of the molecule is CN(Cc1cn[nH]c1-c1ccc(F)cc1)C(=O)NCCCC1CCCC1. The summed E-state index contributed by atoms with van der Waals surface area (Å²) < 4.78 is 13.1. The van der Waals surface area contributed by atoms with Crippen LogP contribution in [0.2, 0.25) is 0 Å². The van der Waals surface area contributed by atoms with E-state index in [1.54, 1.807) is 30.3 Å². The van der Waals surface area contributed by atoms with Crippen LogP contribution in [0.25, 0.3) is 11.3 Å². The van der Waals surface area contributed by atoms with Crippen molar-refractivity contribution in [2.75, 3.05) is 13.6 Å². The summed E-state index contributed by atoms with van der Waals surface area (Å²) in [7, 11) is 1.77. The first kappa shape index (κ1) is 18.4. The number of aromatic nitrogens is 2. The Labute approximate surface area is 154 Å². The molecule has 0 spiro atoms. The first-order chi connectivity index (χ1) is 12.6. The quantitative estimate of drug-likeness (QED) is 0.724. The fraction of sp³-hybridized carbons (Fsp3) is 0.500. The Morgan fingerprint density at radius 3 is 2.77 bits per heavy atom. The Bertz CT molecular complexity index is 707. The van der Waals surface area contributed by atoms with Gasteiger partial charge in [-0.05, 0) is 43.0 Å². The molecule has 6 heteroatoms. The van der Waals surface area contributed by atoms with Gasteiger partial charge in [-0.2, -0.15) is 5.10 Å². The minimum absolute atomic E-state index is 0.0809. The number of rotatable bonds is 7. The first-order valence-corrected chi connectivity index (χ1v) is 9.40. The Morgan fingerprint density at radius 1 is 1.31 bits per heavy atom. The van der Waals surface area contributed by atoms with Gasteiger partial charge in [0.2, 0.25) is 0 Å². The molecule has 0 aliphatic heterocycles. The zero-order valence-corrected chi connectivity index (χ0v) is 15.3. The van der Waals surface area contributed by atoms with E-state index in [-0.39, 0.29) is 11.8 Å². The number of H-pyrrole nitrogens is 1. The van der Waals surface area contributed by atoms with Crippen molar-refractivity contribution >= 4 is 6.03 Å². The molecule has 1 saturated carbocycles. The van der Waals surface area contributed by atoms with Gasteiger partial charge in [0.1, 0.15) is 5.82 Å². The summed E-state index contributed by atoms with van der Waals surface area (Å²) in [5.74, 6) is 0.581. The monoisotopic (exact) mass is 358 g/mol. The van der Waals surface area contributed by atoms with Crippen molar-refractivity contribution in [1.82, 2.24) is 20.4 Å². The molecule has 1 heterocycles. The van der Waals surface area contributed by atoms with Crippen LogP contribution in [-0.2, 0) is 6.54 Å². The van der Waals surface area contributed by atoms with Crippen molar-refractivity contribution < 1.29 is 9.18 Å². The maximum atomic E-state index is 13.1. The predicted octanol–water partition coefficient (Wildman–Crippen LogP) is 4.33. The van der Waals surface area contributed by atoms with E-state index in [1.807, 2.05) is 0 Å². The summed E-state index contributed by atoms with van der Waals surface area (Å²) in [6, 6.07) is 6.16. The van der Waals surface area contributed by atoms with E-state index in [0.717, 1.165) is 35.7 Å². The molecule has 2 N–H and O–H groups in total. The Balaban J connectivity index is 1.48. The van der Waals surface area contributed by atoms with Crippen molar-refractivity contribution in [1.29, 1.82) is 0 Å². The van der Waals surface area contributed by atoms with Gasteiger partial charge in [0.25, 0.3) is 0 Å². The highest BCUT2D eigenvalue weighted by Gasteiger charge is 2.16. The molecule has 3 rings (SSSR count). The maximum Gasteiger partial charge on any atom is 0.317 e. The van der Waals surface area contributed by atoms with Gasteiger partial charge in [0.05, 0.1) is 18.4 Å². The molecule has 1 aromatic carbocycles. The number of carbonyl (C=O) groups is 1. The minimum Gasteiger partial charge on any atom is -0.338 e. The lowest BCUT2D eigenvalue weighted by molar-refractivity contribution is 0.206. The van der Waals surface area contributed by atoms with E-state index in [9.17, 15) is 9.18 Å². The second-order valence-electron chi connectivity index (χ2n) is 7.16. The normalized spacial score (nSPS) is 14.5. The van der Waals surface area contributed by atoms with Crippen molar-refractivity contribution in [3.05, 3.63) is 41.8 Å². The molecule has 1 fully saturated rings. The van der Waals surface area contributed by atoms with E-state index in [2.05, 4.69) is 15.5 Å². The van der Waals surface area contributed by atoms with Gasteiger partial charge in [-0.25, -0.2) is 9.18 Å². The summed E-state index contributed by atoms with van der Waals surface area (Å²) in [5.41, 5.74) is 2.57. The number of aromatic amines is 1. The number of amides is 2. The van der Waals surface area contributed by atoms with E-state index in [0.29, 0.717) is 6.54 Å². The van der Waals surface area contributed by atoms with Gasteiger partial charge in [-0.3, -0.25) is 5.10 Å². The molecular weight excluding hydrogens is 331 g/mol. The molecular formula is C20H27FN4O. The molecule has 2 amide bonds. The third-order valence-corrected chi connectivity index (χ3v) is 5.15. The third-order valence-electron chi connectivity index (χ3n) is 5.15. The lowest BCUT2D eigenvalue weighted by atomic mass is 10.0. The van der Waals surface area contributed by atoms with Crippen molar-refractivity contribution in [3.63, 3.8) is 0 Å². The highest BCUT2D eigenvalue weighted by atomic mass is 19.1. The number of carbonyl (C=O) groups excluding carboxylic acids is 1. The molecule has 1 aromatic heterocycles. The second kappa shape index (κ2) is 8.83. The minimum atomic E-state index is -0.274. The number of halogens is 1. The summed E-state index contributed by atoms with van der Waals surface area (Å²) in [6.45, 7) is 1.16. The van der Waals surface area contributed by atoms with Crippen LogP contribution in [0.3, 0.4) is 0 Å². The van der Waals surface area contributed by atoms with Crippen LogP contribution in [0.5, 0.6) is 0 Å². The van der Waals surface area contributed by atoms with Crippen LogP contribution in [-0.4, -0.2) is 34.7 Å². The number of hydrogen-bond acceptors (Lipinski definition) is 2. The van der Waals surface area contributed by atoms with E-state index in [4.69, 9.17) is 0 Å². The van der Waals surface area contributed by atoms with Crippen LogP contribution >= 0.6 is 0 Å². The van der Waals surface area contributed by atoms with Gasteiger partial charge >= 0.3 is 6.03 Å². The molecule has 0 radical (unpaired) electrons. The molecule has 1 aliphatic rings. The van der Waals surface area contributed by atoms with Gasteiger partial charge in [-0.15, -0.1) is 0 Å². The van der Waals surface area contributed by atoms with Crippen molar-refractivity contribution in [2.24, 2.45) is 5.92 Å².